The SMILES string of the molecule is CCc1cccc(C)c1NC(=O)[C@H](C)OC(=O)/C=C/c1ccc(Cl)cc1Cl. The van der Waals surface area contributed by atoms with Crippen molar-refractivity contribution < 1.29 is 14.3 Å². The number of benzene rings is 2. The molecule has 0 saturated heterocycles. The number of ether oxygens (including phenoxy) is 1. The fraction of sp³-hybridized carbons (Fsp3) is 0.238. The summed E-state index contributed by atoms with van der Waals surface area (Å²) >= 11 is 11.9. The van der Waals surface area contributed by atoms with Crippen LogP contribution >= 0.6 is 23.2 Å². The average molecular weight is 406 g/mol. The summed E-state index contributed by atoms with van der Waals surface area (Å²) < 4.78 is 5.18. The molecule has 0 fully saturated rings. The first-order valence-electron chi connectivity index (χ1n) is 8.55. The molecule has 142 valence electrons. The zero-order chi connectivity index (χ0) is 20.0. The summed E-state index contributed by atoms with van der Waals surface area (Å²) in [6, 6.07) is 10.8. The second-order valence-corrected chi connectivity index (χ2v) is 6.87. The summed E-state index contributed by atoms with van der Waals surface area (Å²) in [5.74, 6) is -1.02. The van der Waals surface area contributed by atoms with Crippen molar-refractivity contribution in [3.8, 4) is 0 Å². The van der Waals surface area contributed by atoms with Gasteiger partial charge in [-0.1, -0.05) is 54.4 Å². The van der Waals surface area contributed by atoms with Crippen molar-refractivity contribution in [2.24, 2.45) is 0 Å². The van der Waals surface area contributed by atoms with E-state index in [9.17, 15) is 9.59 Å². The standard InChI is InChI=1S/C21H21Cl2NO3/c1-4-15-7-5-6-13(2)20(15)24-21(26)14(3)27-19(25)11-9-16-8-10-17(22)12-18(16)23/h5-12,14H,4H2,1-3H3,(H,24,26)/b11-9+/t14-/m0/s1. The van der Waals surface area contributed by atoms with E-state index in [-0.39, 0.29) is 5.91 Å². The lowest BCUT2D eigenvalue weighted by Crippen LogP contribution is -2.30. The molecule has 0 bridgehead atoms. The number of carbonyl (C=O) groups is 2. The lowest BCUT2D eigenvalue weighted by atomic mass is 10.1. The molecule has 0 aliphatic carbocycles. The minimum absolute atomic E-state index is 0.384. The Kier molecular flexibility index (Phi) is 7.45. The van der Waals surface area contributed by atoms with Gasteiger partial charge in [0.15, 0.2) is 6.10 Å². The number of amides is 1. The monoisotopic (exact) mass is 405 g/mol. The van der Waals surface area contributed by atoms with Crippen LogP contribution in [0.1, 0.15) is 30.5 Å². The number of carbonyl (C=O) groups excluding carboxylic acids is 2. The normalized spacial score (nSPS) is 12.0. The van der Waals surface area contributed by atoms with Gasteiger partial charge in [0.1, 0.15) is 0 Å². The Hall–Kier alpha value is -2.30. The molecule has 0 unspecified atom stereocenters. The van der Waals surface area contributed by atoms with Crippen molar-refractivity contribution in [3.05, 3.63) is 69.2 Å². The molecule has 1 N–H and O–H groups in total. The highest BCUT2D eigenvalue weighted by molar-refractivity contribution is 6.35. The molecule has 0 heterocycles. The van der Waals surface area contributed by atoms with Crippen LogP contribution in [0, 0.1) is 6.92 Å². The molecule has 0 radical (unpaired) electrons. The zero-order valence-corrected chi connectivity index (χ0v) is 16.9. The minimum atomic E-state index is -0.938. The van der Waals surface area contributed by atoms with Crippen LogP contribution in [0.3, 0.4) is 0 Å². The third-order valence-corrected chi connectivity index (χ3v) is 4.57. The van der Waals surface area contributed by atoms with Gasteiger partial charge < -0.3 is 10.1 Å². The fourth-order valence-corrected chi connectivity index (χ4v) is 2.96. The molecule has 0 saturated carbocycles. The van der Waals surface area contributed by atoms with Gasteiger partial charge in [0.2, 0.25) is 0 Å². The number of anilines is 1. The molecule has 1 atom stereocenters. The van der Waals surface area contributed by atoms with E-state index >= 15 is 0 Å². The van der Waals surface area contributed by atoms with Gasteiger partial charge in [0.25, 0.3) is 5.91 Å². The van der Waals surface area contributed by atoms with Gasteiger partial charge in [-0.25, -0.2) is 4.79 Å². The largest absolute Gasteiger partial charge is 0.449 e. The van der Waals surface area contributed by atoms with Crippen molar-refractivity contribution in [2.45, 2.75) is 33.3 Å². The summed E-state index contributed by atoms with van der Waals surface area (Å²) in [5, 5.41) is 3.78. The number of halogens is 2. The van der Waals surface area contributed by atoms with Gasteiger partial charge in [-0.05, 0) is 55.2 Å². The number of hydrogen-bond donors (Lipinski definition) is 1. The number of hydrogen-bond acceptors (Lipinski definition) is 3. The molecular weight excluding hydrogens is 385 g/mol. The van der Waals surface area contributed by atoms with Crippen LogP contribution in [0.15, 0.2) is 42.5 Å². The third kappa shape index (κ3) is 5.84. The van der Waals surface area contributed by atoms with Gasteiger partial charge in [-0.15, -0.1) is 0 Å². The molecule has 2 aromatic rings. The molecule has 2 rings (SSSR count). The maximum atomic E-state index is 12.4. The number of aryl methyl sites for hydroxylation is 2. The van der Waals surface area contributed by atoms with Crippen LogP contribution in [0.5, 0.6) is 0 Å². The minimum Gasteiger partial charge on any atom is -0.449 e. The Labute approximate surface area is 169 Å². The van der Waals surface area contributed by atoms with E-state index in [4.69, 9.17) is 27.9 Å². The maximum absolute atomic E-state index is 12.4. The molecule has 4 nitrogen and oxygen atoms in total. The summed E-state index contributed by atoms with van der Waals surface area (Å²) in [6.07, 6.45) is 2.59. The first-order valence-corrected chi connectivity index (χ1v) is 9.30. The Bertz CT molecular complexity index is 878. The van der Waals surface area contributed by atoms with Gasteiger partial charge in [0.05, 0.1) is 0 Å². The number of esters is 1. The summed E-state index contributed by atoms with van der Waals surface area (Å²) in [4.78, 5) is 24.4. The van der Waals surface area contributed by atoms with E-state index < -0.39 is 12.1 Å². The fourth-order valence-electron chi connectivity index (χ4n) is 2.49. The van der Waals surface area contributed by atoms with Crippen LogP contribution in [0.4, 0.5) is 5.69 Å². The highest BCUT2D eigenvalue weighted by atomic mass is 35.5. The molecule has 1 amide bonds. The predicted octanol–water partition coefficient (Wildman–Crippen LogP) is 5.45. The summed E-state index contributed by atoms with van der Waals surface area (Å²) in [5.41, 5.74) is 3.37. The average Bonchev–Trinajstić information content (AvgIpc) is 2.62. The maximum Gasteiger partial charge on any atom is 0.331 e. The number of para-hydroxylation sites is 1. The topological polar surface area (TPSA) is 55.4 Å². The highest BCUT2D eigenvalue weighted by Gasteiger charge is 2.18. The van der Waals surface area contributed by atoms with Gasteiger partial charge in [-0.2, -0.15) is 0 Å². The van der Waals surface area contributed by atoms with Crippen LogP contribution < -0.4 is 5.32 Å². The molecule has 0 aliphatic heterocycles. The quantitative estimate of drug-likeness (QED) is 0.513. The Morgan fingerprint density at radius 1 is 1.22 bits per heavy atom. The Balaban J connectivity index is 2.00. The van der Waals surface area contributed by atoms with Crippen LogP contribution in [0.2, 0.25) is 10.0 Å². The van der Waals surface area contributed by atoms with Crippen LogP contribution in [0.25, 0.3) is 6.08 Å². The Morgan fingerprint density at radius 3 is 2.63 bits per heavy atom. The van der Waals surface area contributed by atoms with Gasteiger partial charge in [-0.3, -0.25) is 4.79 Å². The lowest BCUT2D eigenvalue weighted by Gasteiger charge is -2.16. The van der Waals surface area contributed by atoms with Gasteiger partial charge in [0, 0.05) is 21.8 Å². The Morgan fingerprint density at radius 2 is 1.96 bits per heavy atom. The van der Waals surface area contributed by atoms with Crippen molar-refractivity contribution in [1.82, 2.24) is 0 Å². The van der Waals surface area contributed by atoms with E-state index in [1.807, 2.05) is 32.0 Å². The van der Waals surface area contributed by atoms with Crippen molar-refractivity contribution in [3.63, 3.8) is 0 Å². The summed E-state index contributed by atoms with van der Waals surface area (Å²) in [6.45, 7) is 5.46. The van der Waals surface area contributed by atoms with Crippen molar-refractivity contribution >= 4 is 46.8 Å². The smallest absolute Gasteiger partial charge is 0.331 e. The molecular formula is C21H21Cl2NO3. The van der Waals surface area contributed by atoms with E-state index in [0.717, 1.165) is 23.2 Å². The molecule has 2 aromatic carbocycles. The predicted molar refractivity (Wildman–Crippen MR) is 110 cm³/mol. The van der Waals surface area contributed by atoms with Crippen LogP contribution in [-0.4, -0.2) is 18.0 Å². The molecule has 6 heteroatoms. The number of rotatable bonds is 6. The van der Waals surface area contributed by atoms with E-state index in [1.54, 1.807) is 18.2 Å². The van der Waals surface area contributed by atoms with E-state index in [0.29, 0.717) is 15.6 Å². The second-order valence-electron chi connectivity index (χ2n) is 6.03. The third-order valence-electron chi connectivity index (χ3n) is 4.01. The first-order chi connectivity index (χ1) is 12.8. The molecule has 0 spiro atoms. The number of nitrogens with one attached hydrogen (secondary N) is 1. The molecule has 0 aromatic heterocycles. The van der Waals surface area contributed by atoms with E-state index in [2.05, 4.69) is 5.32 Å². The molecule has 0 aliphatic rings. The van der Waals surface area contributed by atoms with Gasteiger partial charge >= 0.3 is 5.97 Å². The summed E-state index contributed by atoms with van der Waals surface area (Å²) in [7, 11) is 0. The van der Waals surface area contributed by atoms with Crippen molar-refractivity contribution in [1.29, 1.82) is 0 Å². The molecule has 27 heavy (non-hydrogen) atoms. The lowest BCUT2D eigenvalue weighted by molar-refractivity contribution is -0.148. The van der Waals surface area contributed by atoms with Crippen molar-refractivity contribution in [2.75, 3.05) is 5.32 Å². The second kappa shape index (κ2) is 9.58. The van der Waals surface area contributed by atoms with E-state index in [1.165, 1.54) is 19.1 Å². The zero-order valence-electron chi connectivity index (χ0n) is 15.4. The highest BCUT2D eigenvalue weighted by Crippen LogP contribution is 2.23. The first kappa shape index (κ1) is 21.0. The van der Waals surface area contributed by atoms with Crippen LogP contribution in [-0.2, 0) is 20.7 Å².